The summed E-state index contributed by atoms with van der Waals surface area (Å²) in [6.07, 6.45) is 4.69. The molecule has 0 unspecified atom stereocenters. The first-order valence-electron chi connectivity index (χ1n) is 7.53. The molecule has 3 rings (SSSR count). The average Bonchev–Trinajstić information content (AvgIpc) is 2.56. The zero-order valence-electron chi connectivity index (χ0n) is 12.4. The molecule has 0 heterocycles. The van der Waals surface area contributed by atoms with Gasteiger partial charge in [0, 0.05) is 11.1 Å². The molecule has 0 saturated carbocycles. The quantitative estimate of drug-likeness (QED) is 0.587. The van der Waals surface area contributed by atoms with Gasteiger partial charge in [-0.15, -0.1) is 0 Å². The van der Waals surface area contributed by atoms with Crippen LogP contribution in [0.3, 0.4) is 0 Å². The summed E-state index contributed by atoms with van der Waals surface area (Å²) < 4.78 is 0. The van der Waals surface area contributed by atoms with Crippen LogP contribution in [-0.2, 0) is 12.8 Å². The highest BCUT2D eigenvalue weighted by Crippen LogP contribution is 2.17. The second-order valence-electron chi connectivity index (χ2n) is 5.12. The number of benzene rings is 2. The second-order valence-corrected chi connectivity index (χ2v) is 5.12. The van der Waals surface area contributed by atoms with E-state index < -0.39 is 0 Å². The van der Waals surface area contributed by atoms with Gasteiger partial charge in [-0.05, 0) is 42.5 Å². The number of fused-ring (bicyclic) bond motifs is 2. The molecule has 0 bridgehead atoms. The lowest BCUT2D eigenvalue weighted by Gasteiger charge is -2.04. The zero-order valence-corrected chi connectivity index (χ0v) is 12.4. The molecule has 0 aromatic heterocycles. The predicted molar refractivity (Wildman–Crippen MR) is 86.9 cm³/mol. The third-order valence-electron chi connectivity index (χ3n) is 3.26. The Balaban J connectivity index is 0.000000452. The topological polar surface area (TPSA) is 0 Å². The molecule has 102 valence electrons. The Morgan fingerprint density at radius 1 is 0.750 bits per heavy atom. The fraction of sp³-hybridized carbons (Fsp3) is 0.300. The number of rotatable bonds is 0. The first kappa shape index (κ1) is 14.4. The molecule has 2 aromatic carbocycles. The van der Waals surface area contributed by atoms with Gasteiger partial charge in [-0.3, -0.25) is 0 Å². The normalized spacial score (nSPS) is 12.1. The molecule has 1 aliphatic carbocycles. The zero-order chi connectivity index (χ0) is 14.2. The lowest BCUT2D eigenvalue weighted by atomic mass is 10.0. The first-order valence-corrected chi connectivity index (χ1v) is 7.53. The van der Waals surface area contributed by atoms with E-state index in [4.69, 9.17) is 0 Å². The number of hydrogen-bond acceptors (Lipinski definition) is 0. The van der Waals surface area contributed by atoms with E-state index in [2.05, 4.69) is 74.2 Å². The van der Waals surface area contributed by atoms with Crippen molar-refractivity contribution < 1.29 is 0 Å². The van der Waals surface area contributed by atoms with Crippen LogP contribution in [0.25, 0.3) is 0 Å². The highest BCUT2D eigenvalue weighted by Gasteiger charge is 2.04. The van der Waals surface area contributed by atoms with Crippen LogP contribution in [0, 0.1) is 11.8 Å². The van der Waals surface area contributed by atoms with Crippen LogP contribution in [0.4, 0.5) is 0 Å². The van der Waals surface area contributed by atoms with E-state index in [-0.39, 0.29) is 0 Å². The van der Waals surface area contributed by atoms with Crippen LogP contribution in [0.1, 0.15) is 48.9 Å². The van der Waals surface area contributed by atoms with E-state index in [1.165, 1.54) is 35.1 Å². The number of aryl methyl sites for hydroxylation is 2. The molecule has 0 radical (unpaired) electrons. The van der Waals surface area contributed by atoms with Crippen molar-refractivity contribution in [3.05, 3.63) is 70.8 Å². The summed E-state index contributed by atoms with van der Waals surface area (Å²) in [6.45, 7) is 4.25. The Morgan fingerprint density at radius 3 is 1.60 bits per heavy atom. The molecule has 20 heavy (non-hydrogen) atoms. The van der Waals surface area contributed by atoms with Crippen LogP contribution in [0.15, 0.2) is 48.5 Å². The highest BCUT2D eigenvalue weighted by atomic mass is 14.1. The minimum Gasteiger partial charge on any atom is -0.0656 e. The van der Waals surface area contributed by atoms with Crippen LogP contribution in [0.2, 0.25) is 0 Å². The van der Waals surface area contributed by atoms with E-state index in [1.807, 2.05) is 0 Å². The summed E-state index contributed by atoms with van der Waals surface area (Å²) in [5, 5.41) is 0. The van der Waals surface area contributed by atoms with Crippen LogP contribution in [0.5, 0.6) is 0 Å². The van der Waals surface area contributed by atoms with Crippen LogP contribution in [-0.4, -0.2) is 0 Å². The maximum Gasteiger partial charge on any atom is 0.0281 e. The molecule has 0 heteroatoms. The Bertz CT molecular complexity index is 560. The van der Waals surface area contributed by atoms with Crippen molar-refractivity contribution in [2.24, 2.45) is 0 Å². The van der Waals surface area contributed by atoms with Crippen molar-refractivity contribution in [1.82, 2.24) is 0 Å². The Hall–Kier alpha value is -2.00. The summed E-state index contributed by atoms with van der Waals surface area (Å²) in [4.78, 5) is 0. The Kier molecular flexibility index (Phi) is 5.44. The molecule has 0 aliphatic heterocycles. The van der Waals surface area contributed by atoms with Crippen molar-refractivity contribution in [2.45, 2.75) is 39.5 Å². The third kappa shape index (κ3) is 3.75. The minimum absolute atomic E-state index is 1.12. The van der Waals surface area contributed by atoms with Crippen molar-refractivity contribution >= 4 is 0 Å². The molecule has 0 fully saturated rings. The molecular formula is C20H22. The molecule has 0 N–H and O–H groups in total. The Morgan fingerprint density at radius 2 is 1.15 bits per heavy atom. The predicted octanol–water partition coefficient (Wildman–Crippen LogP) is 4.99. The maximum atomic E-state index is 3.31. The number of hydrogen-bond donors (Lipinski definition) is 0. The van der Waals surface area contributed by atoms with Crippen molar-refractivity contribution in [1.29, 1.82) is 0 Å². The van der Waals surface area contributed by atoms with Gasteiger partial charge in [-0.1, -0.05) is 68.5 Å². The molecule has 0 amide bonds. The fourth-order valence-electron chi connectivity index (χ4n) is 2.32. The van der Waals surface area contributed by atoms with E-state index in [1.54, 1.807) is 0 Å². The fourth-order valence-corrected chi connectivity index (χ4v) is 2.32. The van der Waals surface area contributed by atoms with Gasteiger partial charge in [0.1, 0.15) is 0 Å². The van der Waals surface area contributed by atoms with Crippen molar-refractivity contribution in [3.63, 3.8) is 0 Å². The first-order chi connectivity index (χ1) is 9.85. The van der Waals surface area contributed by atoms with Gasteiger partial charge in [0.2, 0.25) is 0 Å². The molecule has 0 spiro atoms. The summed E-state index contributed by atoms with van der Waals surface area (Å²) in [5.74, 6) is 6.62. The monoisotopic (exact) mass is 262 g/mol. The summed E-state index contributed by atoms with van der Waals surface area (Å²) in [6, 6.07) is 17.0. The summed E-state index contributed by atoms with van der Waals surface area (Å²) >= 11 is 0. The van der Waals surface area contributed by atoms with Gasteiger partial charge in [-0.2, -0.15) is 0 Å². The Labute approximate surface area is 122 Å². The van der Waals surface area contributed by atoms with Gasteiger partial charge in [-0.25, -0.2) is 0 Å². The molecule has 0 saturated heterocycles. The van der Waals surface area contributed by atoms with Gasteiger partial charge < -0.3 is 0 Å². The van der Waals surface area contributed by atoms with Crippen LogP contribution < -0.4 is 0 Å². The van der Waals surface area contributed by atoms with Crippen molar-refractivity contribution in [3.8, 4) is 11.8 Å². The van der Waals surface area contributed by atoms with Gasteiger partial charge in [0.15, 0.2) is 0 Å². The molecular weight excluding hydrogens is 240 g/mol. The molecule has 0 nitrogen and oxygen atoms in total. The minimum atomic E-state index is 1.12. The van der Waals surface area contributed by atoms with Crippen LogP contribution >= 0.6 is 0 Å². The van der Waals surface area contributed by atoms with E-state index in [9.17, 15) is 0 Å². The second kappa shape index (κ2) is 7.56. The molecule has 2 aromatic rings. The SMILES string of the molecule is C1#Cc2ccccc2CCCc2ccccc21.CCC. The average molecular weight is 262 g/mol. The molecule has 1 aliphatic rings. The summed E-state index contributed by atoms with van der Waals surface area (Å²) in [5.41, 5.74) is 5.13. The maximum absolute atomic E-state index is 3.31. The van der Waals surface area contributed by atoms with E-state index in [0.717, 1.165) is 12.8 Å². The highest BCUT2D eigenvalue weighted by molar-refractivity contribution is 5.49. The molecule has 0 atom stereocenters. The van der Waals surface area contributed by atoms with E-state index >= 15 is 0 Å². The largest absolute Gasteiger partial charge is 0.0656 e. The lowest BCUT2D eigenvalue weighted by Crippen LogP contribution is -1.93. The smallest absolute Gasteiger partial charge is 0.0281 e. The van der Waals surface area contributed by atoms with Gasteiger partial charge >= 0.3 is 0 Å². The lowest BCUT2D eigenvalue weighted by molar-refractivity contribution is 0.819. The van der Waals surface area contributed by atoms with Crippen molar-refractivity contribution in [2.75, 3.05) is 0 Å². The standard InChI is InChI=1S/C17H14.C3H8/c1-3-8-16-12-13-17-9-4-2-7-15(17)11-5-10-14(16)6-1;1-3-2/h1-4,6-9H,5,10-11H2;3H2,1-2H3. The summed E-state index contributed by atoms with van der Waals surface area (Å²) in [7, 11) is 0. The third-order valence-corrected chi connectivity index (χ3v) is 3.26. The van der Waals surface area contributed by atoms with Gasteiger partial charge in [0.05, 0.1) is 0 Å². The van der Waals surface area contributed by atoms with E-state index in [0.29, 0.717) is 0 Å². The van der Waals surface area contributed by atoms with Gasteiger partial charge in [0.25, 0.3) is 0 Å².